The van der Waals surface area contributed by atoms with Gasteiger partial charge in [0.05, 0.1) is 11.0 Å². The second-order valence-electron chi connectivity index (χ2n) is 6.95. The van der Waals surface area contributed by atoms with E-state index in [-0.39, 0.29) is 17.5 Å². The Balaban J connectivity index is 1.47. The van der Waals surface area contributed by atoms with E-state index in [9.17, 15) is 14.0 Å². The minimum Gasteiger partial charge on any atom is -0.325 e. The van der Waals surface area contributed by atoms with Gasteiger partial charge in [-0.25, -0.2) is 4.39 Å². The van der Waals surface area contributed by atoms with Gasteiger partial charge >= 0.3 is 0 Å². The molecule has 0 saturated carbocycles. The number of halogens is 2. The second kappa shape index (κ2) is 9.41. The van der Waals surface area contributed by atoms with Gasteiger partial charge < -0.3 is 5.32 Å². The number of Topliss-reactive ketones (excluding diaryl/α,β-unsaturated/α-hetero) is 1. The molecule has 148 valence electrons. The highest BCUT2D eigenvalue weighted by Gasteiger charge is 2.20. The minimum absolute atomic E-state index is 0.0332. The number of hydrogen-bond acceptors (Lipinski definition) is 4. The quantitative estimate of drug-likeness (QED) is 0.687. The summed E-state index contributed by atoms with van der Waals surface area (Å²) in [6.45, 7) is 5.40. The first kappa shape index (κ1) is 20.6. The fourth-order valence-corrected chi connectivity index (χ4v) is 3.64. The molecule has 1 aliphatic rings. The van der Waals surface area contributed by atoms with E-state index in [0.29, 0.717) is 34.4 Å². The molecular formula is C21H23BrFN3O2. The molecule has 0 aliphatic carbocycles. The molecule has 0 unspecified atom stereocenters. The lowest BCUT2D eigenvalue weighted by Crippen LogP contribution is -2.48. The van der Waals surface area contributed by atoms with Gasteiger partial charge in [-0.3, -0.25) is 19.4 Å². The standard InChI is InChI=1S/C21H23BrFN3O2/c1-15(27)16-4-2-6-18(12-16)24-20(28)14-26-10-8-25(9-11-26)13-17-5-3-7-19(22)21(17)23/h2-7,12H,8-11,13-14H2,1H3,(H,24,28). The molecule has 0 aromatic heterocycles. The number of nitrogens with zero attached hydrogens (tertiary/aromatic N) is 2. The first-order chi connectivity index (χ1) is 13.4. The highest BCUT2D eigenvalue weighted by Crippen LogP contribution is 2.20. The third kappa shape index (κ3) is 5.47. The van der Waals surface area contributed by atoms with Gasteiger partial charge in [0.2, 0.25) is 5.91 Å². The average Bonchev–Trinajstić information content (AvgIpc) is 2.67. The van der Waals surface area contributed by atoms with Gasteiger partial charge in [0.15, 0.2) is 5.78 Å². The van der Waals surface area contributed by atoms with Crippen molar-refractivity contribution in [3.63, 3.8) is 0 Å². The summed E-state index contributed by atoms with van der Waals surface area (Å²) in [6, 6.07) is 12.3. The van der Waals surface area contributed by atoms with E-state index in [1.807, 2.05) is 6.07 Å². The molecule has 1 fully saturated rings. The first-order valence-corrected chi connectivity index (χ1v) is 10.00. The molecule has 3 rings (SSSR count). The summed E-state index contributed by atoms with van der Waals surface area (Å²) >= 11 is 3.22. The van der Waals surface area contributed by atoms with Crippen LogP contribution in [0.3, 0.4) is 0 Å². The van der Waals surface area contributed by atoms with Gasteiger partial charge in [0.1, 0.15) is 5.82 Å². The van der Waals surface area contributed by atoms with Gasteiger partial charge in [-0.05, 0) is 41.1 Å². The normalized spacial score (nSPS) is 15.4. The van der Waals surface area contributed by atoms with Crippen molar-refractivity contribution in [1.82, 2.24) is 9.80 Å². The van der Waals surface area contributed by atoms with Crippen molar-refractivity contribution >= 4 is 33.3 Å². The number of rotatable bonds is 6. The molecule has 0 atom stereocenters. The van der Waals surface area contributed by atoms with Crippen LogP contribution in [-0.4, -0.2) is 54.2 Å². The molecule has 1 heterocycles. The van der Waals surface area contributed by atoms with Gasteiger partial charge in [-0.15, -0.1) is 0 Å². The van der Waals surface area contributed by atoms with Crippen molar-refractivity contribution in [3.8, 4) is 0 Å². The van der Waals surface area contributed by atoms with Gasteiger partial charge in [0, 0.05) is 49.5 Å². The molecule has 7 heteroatoms. The Bertz CT molecular complexity index is 866. The van der Waals surface area contributed by atoms with E-state index >= 15 is 0 Å². The number of benzene rings is 2. The summed E-state index contributed by atoms with van der Waals surface area (Å²) < 4.78 is 14.6. The number of anilines is 1. The van der Waals surface area contributed by atoms with Crippen LogP contribution in [0.4, 0.5) is 10.1 Å². The molecule has 2 aromatic rings. The number of nitrogens with one attached hydrogen (secondary N) is 1. The Hall–Kier alpha value is -2.09. The third-order valence-corrected chi connectivity index (χ3v) is 5.42. The molecule has 1 aliphatic heterocycles. The summed E-state index contributed by atoms with van der Waals surface area (Å²) in [5.41, 5.74) is 1.87. The Morgan fingerprint density at radius 1 is 1.07 bits per heavy atom. The maximum absolute atomic E-state index is 14.1. The van der Waals surface area contributed by atoms with Crippen LogP contribution < -0.4 is 5.32 Å². The van der Waals surface area contributed by atoms with Gasteiger partial charge in [0.25, 0.3) is 0 Å². The molecule has 0 bridgehead atoms. The van der Waals surface area contributed by atoms with Crippen LogP contribution in [0.1, 0.15) is 22.8 Å². The minimum atomic E-state index is -0.211. The molecule has 0 radical (unpaired) electrons. The predicted octanol–water partition coefficient (Wildman–Crippen LogP) is 3.55. The fraction of sp³-hybridized carbons (Fsp3) is 0.333. The maximum Gasteiger partial charge on any atom is 0.238 e. The topological polar surface area (TPSA) is 52.7 Å². The Morgan fingerprint density at radius 2 is 1.75 bits per heavy atom. The lowest BCUT2D eigenvalue weighted by Gasteiger charge is -2.34. The van der Waals surface area contributed by atoms with Crippen LogP contribution in [0.15, 0.2) is 46.9 Å². The van der Waals surface area contributed by atoms with E-state index < -0.39 is 0 Å². The van der Waals surface area contributed by atoms with Crippen molar-refractivity contribution in [2.24, 2.45) is 0 Å². The molecule has 1 N–H and O–H groups in total. The van der Waals surface area contributed by atoms with Crippen molar-refractivity contribution in [1.29, 1.82) is 0 Å². The van der Waals surface area contributed by atoms with Crippen LogP contribution in [-0.2, 0) is 11.3 Å². The molecule has 28 heavy (non-hydrogen) atoms. The fourth-order valence-electron chi connectivity index (χ4n) is 3.24. The molecule has 1 saturated heterocycles. The molecular weight excluding hydrogens is 425 g/mol. The van der Waals surface area contributed by atoms with Crippen LogP contribution in [0.25, 0.3) is 0 Å². The average molecular weight is 448 g/mol. The number of hydrogen-bond donors (Lipinski definition) is 1. The highest BCUT2D eigenvalue weighted by molar-refractivity contribution is 9.10. The zero-order valence-corrected chi connectivity index (χ0v) is 17.3. The lowest BCUT2D eigenvalue weighted by molar-refractivity contribution is -0.117. The van der Waals surface area contributed by atoms with E-state index in [1.165, 1.54) is 6.92 Å². The molecule has 5 nitrogen and oxygen atoms in total. The summed E-state index contributed by atoms with van der Waals surface area (Å²) in [4.78, 5) is 28.0. The predicted molar refractivity (Wildman–Crippen MR) is 111 cm³/mol. The summed E-state index contributed by atoms with van der Waals surface area (Å²) in [7, 11) is 0. The smallest absolute Gasteiger partial charge is 0.238 e. The lowest BCUT2D eigenvalue weighted by atomic mass is 10.1. The van der Waals surface area contributed by atoms with Crippen molar-refractivity contribution in [2.45, 2.75) is 13.5 Å². The summed E-state index contributed by atoms with van der Waals surface area (Å²) in [5.74, 6) is -0.349. The SMILES string of the molecule is CC(=O)c1cccc(NC(=O)CN2CCN(Cc3cccc(Br)c3F)CC2)c1. The molecule has 1 amide bonds. The molecule has 0 spiro atoms. The van der Waals surface area contributed by atoms with Gasteiger partial charge in [-0.2, -0.15) is 0 Å². The second-order valence-corrected chi connectivity index (χ2v) is 7.80. The van der Waals surface area contributed by atoms with Crippen molar-refractivity contribution in [3.05, 3.63) is 63.9 Å². The zero-order chi connectivity index (χ0) is 20.1. The number of ketones is 1. The van der Waals surface area contributed by atoms with E-state index in [0.717, 1.165) is 26.2 Å². The first-order valence-electron chi connectivity index (χ1n) is 9.21. The third-order valence-electron chi connectivity index (χ3n) is 4.81. The number of piperazine rings is 1. The van der Waals surface area contributed by atoms with Crippen LogP contribution >= 0.6 is 15.9 Å². The highest BCUT2D eigenvalue weighted by atomic mass is 79.9. The number of amides is 1. The Morgan fingerprint density at radius 3 is 2.46 bits per heavy atom. The van der Waals surface area contributed by atoms with E-state index in [4.69, 9.17) is 0 Å². The van der Waals surface area contributed by atoms with Crippen LogP contribution in [0.2, 0.25) is 0 Å². The van der Waals surface area contributed by atoms with E-state index in [1.54, 1.807) is 36.4 Å². The Labute approximate surface area is 172 Å². The van der Waals surface area contributed by atoms with Crippen molar-refractivity contribution < 1.29 is 14.0 Å². The number of carbonyl (C=O) groups excluding carboxylic acids is 2. The largest absolute Gasteiger partial charge is 0.325 e. The summed E-state index contributed by atoms with van der Waals surface area (Å²) in [5, 5.41) is 2.85. The summed E-state index contributed by atoms with van der Waals surface area (Å²) in [6.07, 6.45) is 0. The molecule has 2 aromatic carbocycles. The van der Waals surface area contributed by atoms with E-state index in [2.05, 4.69) is 31.0 Å². The van der Waals surface area contributed by atoms with Crippen molar-refractivity contribution in [2.75, 3.05) is 38.0 Å². The van der Waals surface area contributed by atoms with Gasteiger partial charge in [-0.1, -0.05) is 24.3 Å². The van der Waals surface area contributed by atoms with Crippen LogP contribution in [0, 0.1) is 5.82 Å². The monoisotopic (exact) mass is 447 g/mol. The van der Waals surface area contributed by atoms with Crippen LogP contribution in [0.5, 0.6) is 0 Å². The maximum atomic E-state index is 14.1. The zero-order valence-electron chi connectivity index (χ0n) is 15.8. The number of carbonyl (C=O) groups is 2. The Kier molecular flexibility index (Phi) is 6.93.